The maximum absolute atomic E-state index is 13.3. The van der Waals surface area contributed by atoms with E-state index in [0.717, 1.165) is 11.3 Å². The smallest absolute Gasteiger partial charge is 0.245 e. The van der Waals surface area contributed by atoms with E-state index < -0.39 is 6.04 Å². The molecule has 27 heavy (non-hydrogen) atoms. The molecule has 0 radical (unpaired) electrons. The second-order valence-electron chi connectivity index (χ2n) is 7.32. The summed E-state index contributed by atoms with van der Waals surface area (Å²) in [7, 11) is 1.63. The molecule has 1 aromatic carbocycles. The molecule has 2 heterocycles. The Morgan fingerprint density at radius 3 is 2.52 bits per heavy atom. The molecule has 2 fully saturated rings. The zero-order valence-electron chi connectivity index (χ0n) is 16.2. The van der Waals surface area contributed by atoms with Crippen molar-refractivity contribution in [3.63, 3.8) is 0 Å². The number of hydrogen-bond donors (Lipinski definition) is 0. The Morgan fingerprint density at radius 2 is 1.93 bits per heavy atom. The molecule has 0 bridgehead atoms. The van der Waals surface area contributed by atoms with Crippen molar-refractivity contribution in [1.82, 2.24) is 9.80 Å². The summed E-state index contributed by atoms with van der Waals surface area (Å²) in [6.45, 7) is 6.49. The quantitative estimate of drug-likeness (QED) is 0.745. The molecule has 2 aliphatic heterocycles. The lowest BCUT2D eigenvalue weighted by Crippen LogP contribution is -2.53. The molecule has 6 nitrogen and oxygen atoms in total. The van der Waals surface area contributed by atoms with Crippen LogP contribution in [-0.2, 0) is 14.3 Å². The minimum absolute atomic E-state index is 0.0353. The molecule has 0 spiro atoms. The number of benzene rings is 1. The molecule has 2 aliphatic rings. The minimum atomic E-state index is -0.433. The van der Waals surface area contributed by atoms with Gasteiger partial charge >= 0.3 is 0 Å². The highest BCUT2D eigenvalue weighted by molar-refractivity contribution is 8.00. The number of hydrogen-bond acceptors (Lipinski definition) is 5. The number of carbonyl (C=O) groups is 2. The third-order valence-corrected chi connectivity index (χ3v) is 6.17. The van der Waals surface area contributed by atoms with E-state index in [1.165, 1.54) is 0 Å². The van der Waals surface area contributed by atoms with Crippen molar-refractivity contribution in [2.24, 2.45) is 5.92 Å². The summed E-state index contributed by atoms with van der Waals surface area (Å²) in [5.41, 5.74) is 1.02. The van der Waals surface area contributed by atoms with Crippen LogP contribution in [0.2, 0.25) is 0 Å². The van der Waals surface area contributed by atoms with E-state index in [2.05, 4.69) is 13.8 Å². The zero-order valence-corrected chi connectivity index (χ0v) is 17.0. The second-order valence-corrected chi connectivity index (χ2v) is 8.39. The van der Waals surface area contributed by atoms with Crippen LogP contribution < -0.4 is 4.74 Å². The average molecular weight is 393 g/mol. The summed E-state index contributed by atoms with van der Waals surface area (Å²) in [5.74, 6) is 1.58. The summed E-state index contributed by atoms with van der Waals surface area (Å²) in [4.78, 5) is 29.7. The van der Waals surface area contributed by atoms with Gasteiger partial charge in [0.2, 0.25) is 11.8 Å². The molecule has 2 atom stereocenters. The largest absolute Gasteiger partial charge is 0.497 e. The lowest BCUT2D eigenvalue weighted by atomic mass is 9.99. The topological polar surface area (TPSA) is 59.1 Å². The van der Waals surface area contributed by atoms with Gasteiger partial charge in [0.15, 0.2) is 0 Å². The van der Waals surface area contributed by atoms with Gasteiger partial charge in [0.1, 0.15) is 17.2 Å². The van der Waals surface area contributed by atoms with Crippen LogP contribution >= 0.6 is 11.8 Å². The third kappa shape index (κ3) is 4.58. The summed E-state index contributed by atoms with van der Waals surface area (Å²) >= 11 is 1.58. The van der Waals surface area contributed by atoms with Crippen LogP contribution in [0, 0.1) is 5.92 Å². The SMILES string of the molecule is COc1ccc([C@@H]2SCC(=O)N2[C@H](CC(C)C)C(=O)N2CCOCC2)cc1. The van der Waals surface area contributed by atoms with Crippen molar-refractivity contribution in [3.05, 3.63) is 29.8 Å². The van der Waals surface area contributed by atoms with Gasteiger partial charge in [-0.3, -0.25) is 9.59 Å². The molecule has 0 aromatic heterocycles. The van der Waals surface area contributed by atoms with Gasteiger partial charge in [0, 0.05) is 13.1 Å². The molecule has 7 heteroatoms. The summed E-state index contributed by atoms with van der Waals surface area (Å²) in [6.07, 6.45) is 0.662. The van der Waals surface area contributed by atoms with Crippen LogP contribution in [0.5, 0.6) is 5.75 Å². The first-order valence-electron chi connectivity index (χ1n) is 9.44. The fourth-order valence-electron chi connectivity index (χ4n) is 3.57. The van der Waals surface area contributed by atoms with Gasteiger partial charge in [-0.1, -0.05) is 26.0 Å². The molecule has 0 unspecified atom stereocenters. The Kier molecular flexibility index (Phi) is 6.65. The van der Waals surface area contributed by atoms with E-state index in [0.29, 0.717) is 44.4 Å². The van der Waals surface area contributed by atoms with E-state index in [9.17, 15) is 9.59 Å². The van der Waals surface area contributed by atoms with Crippen LogP contribution in [0.15, 0.2) is 24.3 Å². The van der Waals surface area contributed by atoms with Crippen molar-refractivity contribution in [1.29, 1.82) is 0 Å². The van der Waals surface area contributed by atoms with Gasteiger partial charge in [-0.25, -0.2) is 0 Å². The summed E-state index contributed by atoms with van der Waals surface area (Å²) in [5, 5.41) is -0.142. The Hall–Kier alpha value is -1.73. The van der Waals surface area contributed by atoms with E-state index in [1.54, 1.807) is 18.9 Å². The monoisotopic (exact) mass is 392 g/mol. The van der Waals surface area contributed by atoms with Crippen molar-refractivity contribution >= 4 is 23.6 Å². The van der Waals surface area contributed by atoms with Gasteiger partial charge in [-0.2, -0.15) is 0 Å². The Balaban J connectivity index is 1.87. The van der Waals surface area contributed by atoms with Crippen LogP contribution in [0.4, 0.5) is 0 Å². The fourth-order valence-corrected chi connectivity index (χ4v) is 4.80. The van der Waals surface area contributed by atoms with Crippen molar-refractivity contribution in [2.45, 2.75) is 31.7 Å². The molecule has 0 N–H and O–H groups in total. The third-order valence-electron chi connectivity index (χ3n) is 4.94. The number of amides is 2. The number of thioether (sulfide) groups is 1. The number of nitrogens with zero attached hydrogens (tertiary/aromatic N) is 2. The van der Waals surface area contributed by atoms with Crippen LogP contribution in [0.3, 0.4) is 0 Å². The number of rotatable bonds is 6. The van der Waals surface area contributed by atoms with Crippen molar-refractivity contribution < 1.29 is 19.1 Å². The van der Waals surface area contributed by atoms with Gasteiger partial charge in [-0.05, 0) is 30.0 Å². The van der Waals surface area contributed by atoms with Crippen molar-refractivity contribution in [2.75, 3.05) is 39.2 Å². The van der Waals surface area contributed by atoms with Gasteiger partial charge < -0.3 is 19.3 Å². The predicted molar refractivity (Wildman–Crippen MR) is 106 cm³/mol. The van der Waals surface area contributed by atoms with Crippen molar-refractivity contribution in [3.8, 4) is 5.75 Å². The van der Waals surface area contributed by atoms with E-state index in [4.69, 9.17) is 9.47 Å². The number of ether oxygens (including phenoxy) is 2. The molecular weight excluding hydrogens is 364 g/mol. The highest BCUT2D eigenvalue weighted by Crippen LogP contribution is 2.41. The lowest BCUT2D eigenvalue weighted by molar-refractivity contribution is -0.148. The number of methoxy groups -OCH3 is 1. The maximum Gasteiger partial charge on any atom is 0.245 e. The lowest BCUT2D eigenvalue weighted by Gasteiger charge is -2.37. The van der Waals surface area contributed by atoms with Crippen LogP contribution in [-0.4, -0.2) is 66.8 Å². The predicted octanol–water partition coefficient (Wildman–Crippen LogP) is 2.54. The molecular formula is C20H28N2O4S. The molecule has 2 saturated heterocycles. The van der Waals surface area contributed by atoms with E-state index in [-0.39, 0.29) is 17.2 Å². The van der Waals surface area contributed by atoms with Gasteiger partial charge in [0.25, 0.3) is 0 Å². The van der Waals surface area contributed by atoms with Gasteiger partial charge in [0.05, 0.1) is 26.1 Å². The van der Waals surface area contributed by atoms with Crippen LogP contribution in [0.25, 0.3) is 0 Å². The highest BCUT2D eigenvalue weighted by atomic mass is 32.2. The second kappa shape index (κ2) is 8.97. The van der Waals surface area contributed by atoms with Gasteiger partial charge in [-0.15, -0.1) is 11.8 Å². The Morgan fingerprint density at radius 1 is 1.26 bits per heavy atom. The first kappa shape index (κ1) is 20.0. The molecule has 3 rings (SSSR count). The normalized spacial score (nSPS) is 21.6. The first-order chi connectivity index (χ1) is 13.0. The molecule has 2 amide bonds. The summed E-state index contributed by atoms with van der Waals surface area (Å²) < 4.78 is 10.6. The van der Waals surface area contributed by atoms with E-state index >= 15 is 0 Å². The first-order valence-corrected chi connectivity index (χ1v) is 10.5. The Bertz CT molecular complexity index is 658. The minimum Gasteiger partial charge on any atom is -0.497 e. The zero-order chi connectivity index (χ0) is 19.4. The van der Waals surface area contributed by atoms with E-state index in [1.807, 2.05) is 34.1 Å². The molecule has 148 valence electrons. The molecule has 1 aromatic rings. The fraction of sp³-hybridized carbons (Fsp3) is 0.600. The highest BCUT2D eigenvalue weighted by Gasteiger charge is 2.42. The molecule has 0 saturated carbocycles. The summed E-state index contributed by atoms with van der Waals surface area (Å²) in [6, 6.07) is 7.33. The van der Waals surface area contributed by atoms with Crippen LogP contribution in [0.1, 0.15) is 31.2 Å². The maximum atomic E-state index is 13.3. The number of carbonyl (C=O) groups excluding carboxylic acids is 2. The average Bonchev–Trinajstić information content (AvgIpc) is 3.07. The Labute approximate surface area is 165 Å². The molecule has 0 aliphatic carbocycles. The standard InChI is InChI=1S/C20H28N2O4S/c1-14(2)12-17(19(24)21-8-10-26-11-9-21)22-18(23)13-27-20(22)15-4-6-16(25-3)7-5-15/h4-7,14,17,20H,8-13H2,1-3H3/t17-,20+/m1/s1. The number of morpholine rings is 1.